The maximum atomic E-state index is 6.66. The molecule has 55 heavy (non-hydrogen) atoms. The van der Waals surface area contributed by atoms with Crippen molar-refractivity contribution >= 4 is 22.5 Å². The second-order valence-electron chi connectivity index (χ2n) is 14.3. The van der Waals surface area contributed by atoms with Gasteiger partial charge in [-0.3, -0.25) is 4.98 Å². The van der Waals surface area contributed by atoms with E-state index in [-0.39, 0.29) is 6.04 Å². The van der Waals surface area contributed by atoms with E-state index in [9.17, 15) is 0 Å². The minimum absolute atomic E-state index is 0.280. The Balaban J connectivity index is 0.00000253. The topological polar surface area (TPSA) is 49.8 Å². The number of ether oxygens (including phenoxy) is 4. The van der Waals surface area contributed by atoms with Crippen LogP contribution in [0.2, 0.25) is 0 Å². The van der Waals surface area contributed by atoms with Gasteiger partial charge in [0.2, 0.25) is 5.75 Å². The lowest BCUT2D eigenvalue weighted by Gasteiger charge is -2.59. The number of rotatable bonds is 16. The number of nitrogens with zero attached hydrogens (tertiary/aromatic N) is 2. The fourth-order valence-corrected chi connectivity index (χ4v) is 7.98. The summed E-state index contributed by atoms with van der Waals surface area (Å²) in [5, 5.41) is 1.13. The van der Waals surface area contributed by atoms with E-state index < -0.39 is 0 Å². The summed E-state index contributed by atoms with van der Waals surface area (Å²) in [6, 6.07) is 43.9. The number of hydrogen-bond donors (Lipinski definition) is 0. The Morgan fingerprint density at radius 2 is 1.29 bits per heavy atom. The number of fused-ring (bicyclic) bond motifs is 1. The van der Waals surface area contributed by atoms with E-state index in [0.717, 1.165) is 62.9 Å². The van der Waals surface area contributed by atoms with E-state index in [1.807, 2.05) is 72.9 Å². The van der Waals surface area contributed by atoms with Crippen LogP contribution in [0.1, 0.15) is 41.7 Å². The van der Waals surface area contributed by atoms with Crippen molar-refractivity contribution in [1.29, 1.82) is 0 Å². The monoisotopic (exact) mass is 755 g/mol. The molecular formula is C48H52ClN2O4+. The van der Waals surface area contributed by atoms with Gasteiger partial charge in [0.05, 0.1) is 31.1 Å². The van der Waals surface area contributed by atoms with E-state index >= 15 is 0 Å². The van der Waals surface area contributed by atoms with Crippen LogP contribution in [0.3, 0.4) is 0 Å². The molecule has 6 aromatic rings. The molecule has 0 saturated carbocycles. The minimum atomic E-state index is 0.280. The molecule has 4 unspecified atom stereocenters. The summed E-state index contributed by atoms with van der Waals surface area (Å²) in [5.41, 5.74) is 6.62. The van der Waals surface area contributed by atoms with Crippen molar-refractivity contribution in [3.8, 4) is 23.0 Å². The highest BCUT2D eigenvalue weighted by atomic mass is 35.5. The molecule has 284 valence electrons. The zero-order valence-corrected chi connectivity index (χ0v) is 33.1. The molecule has 6 nitrogen and oxygen atoms in total. The first-order valence-electron chi connectivity index (χ1n) is 18.9. The Bertz CT molecular complexity index is 2060. The molecule has 5 aromatic carbocycles. The smallest absolute Gasteiger partial charge is 0.203 e. The second-order valence-corrected chi connectivity index (χ2v) is 14.3. The number of aromatic nitrogens is 1. The van der Waals surface area contributed by atoms with E-state index in [1.54, 1.807) is 7.11 Å². The van der Waals surface area contributed by atoms with Crippen molar-refractivity contribution < 1.29 is 23.4 Å². The van der Waals surface area contributed by atoms with Gasteiger partial charge in [-0.1, -0.05) is 104 Å². The van der Waals surface area contributed by atoms with Crippen LogP contribution in [0, 0.1) is 5.92 Å². The van der Waals surface area contributed by atoms with Crippen LogP contribution in [0.25, 0.3) is 10.9 Å². The standard InChI is InChI=1S/C47H49N2O4.CH3Cl/c1-5-44-34(2)29-49(44,35(3)25-40-23-24-48-43-22-21-41(50-4)28-42(40)43)30-39-26-45(51-31-36-15-9-6-10-16-36)47(53-33-38-19-13-8-14-20-38)46(27-39)52-32-37-17-11-7-12-18-37;1-2/h5-24,26-28,34-35,44H,1,25,29-33H2,2-4H3;1H3/q+1;. The van der Waals surface area contributed by atoms with Crippen molar-refractivity contribution in [3.05, 3.63) is 174 Å². The molecular weight excluding hydrogens is 704 g/mol. The lowest BCUT2D eigenvalue weighted by molar-refractivity contribution is -1.02. The third kappa shape index (κ3) is 9.33. The van der Waals surface area contributed by atoms with Crippen molar-refractivity contribution in [2.24, 2.45) is 5.92 Å². The Hall–Kier alpha value is -5.30. The van der Waals surface area contributed by atoms with Gasteiger partial charge in [0.15, 0.2) is 11.5 Å². The van der Waals surface area contributed by atoms with Crippen LogP contribution in [0.4, 0.5) is 0 Å². The lowest BCUT2D eigenvalue weighted by atomic mass is 9.81. The van der Waals surface area contributed by atoms with Gasteiger partial charge in [-0.05, 0) is 71.7 Å². The van der Waals surface area contributed by atoms with Gasteiger partial charge in [0, 0.05) is 30.0 Å². The molecule has 1 aliphatic rings. The Kier molecular flexibility index (Phi) is 13.5. The first-order chi connectivity index (χ1) is 27.0. The Morgan fingerprint density at radius 1 is 0.745 bits per heavy atom. The van der Waals surface area contributed by atoms with E-state index in [4.69, 9.17) is 18.9 Å². The van der Waals surface area contributed by atoms with Gasteiger partial charge >= 0.3 is 0 Å². The predicted molar refractivity (Wildman–Crippen MR) is 224 cm³/mol. The van der Waals surface area contributed by atoms with Crippen LogP contribution in [0.5, 0.6) is 23.0 Å². The largest absolute Gasteiger partial charge is 0.497 e. The van der Waals surface area contributed by atoms with Gasteiger partial charge in [0.1, 0.15) is 38.2 Å². The summed E-state index contributed by atoms with van der Waals surface area (Å²) in [4.78, 5) is 4.66. The number of pyridine rings is 1. The molecule has 0 spiro atoms. The molecule has 4 atom stereocenters. The number of benzene rings is 5. The second kappa shape index (κ2) is 18.8. The summed E-state index contributed by atoms with van der Waals surface area (Å²) >= 11 is 4.64. The molecule has 0 N–H and O–H groups in total. The normalized spacial score (nSPS) is 17.9. The van der Waals surface area contributed by atoms with Crippen LogP contribution in [0.15, 0.2) is 146 Å². The third-order valence-electron chi connectivity index (χ3n) is 10.7. The number of methoxy groups -OCH3 is 1. The van der Waals surface area contributed by atoms with E-state index in [0.29, 0.717) is 49.0 Å². The molecule has 0 radical (unpaired) electrons. The van der Waals surface area contributed by atoms with Crippen molar-refractivity contribution in [3.63, 3.8) is 0 Å². The maximum absolute atomic E-state index is 6.66. The zero-order chi connectivity index (χ0) is 38.6. The SMILES string of the molecule is C=CC1C(C)C[N+]1(Cc1cc(OCc2ccccc2)c(OCc2ccccc2)c(OCc2ccccc2)c1)C(C)Cc1ccnc2ccc(OC)cc12.CCl. The Labute approximate surface area is 331 Å². The molecule has 1 aliphatic heterocycles. The van der Waals surface area contributed by atoms with Crippen LogP contribution in [-0.4, -0.2) is 41.6 Å². The number of likely N-dealkylation sites (tertiary alicyclic amines) is 1. The van der Waals surface area contributed by atoms with Crippen LogP contribution < -0.4 is 18.9 Å². The van der Waals surface area contributed by atoms with Gasteiger partial charge in [-0.2, -0.15) is 0 Å². The summed E-state index contributed by atoms with van der Waals surface area (Å²) in [6.45, 7) is 12.1. The summed E-state index contributed by atoms with van der Waals surface area (Å²) in [6.07, 6.45) is 6.44. The number of halogens is 1. The molecule has 1 fully saturated rings. The summed E-state index contributed by atoms with van der Waals surface area (Å²) in [7, 11) is 1.71. The molecule has 7 rings (SSSR count). The first kappa shape index (κ1) is 39.4. The van der Waals surface area contributed by atoms with Gasteiger partial charge < -0.3 is 23.4 Å². The number of alkyl halides is 1. The van der Waals surface area contributed by atoms with Gasteiger partial charge in [0.25, 0.3) is 0 Å². The maximum Gasteiger partial charge on any atom is 0.203 e. The van der Waals surface area contributed by atoms with Crippen molar-refractivity contribution in [1.82, 2.24) is 4.98 Å². The summed E-state index contributed by atoms with van der Waals surface area (Å²) < 4.78 is 26.4. The molecule has 1 aromatic heterocycles. The minimum Gasteiger partial charge on any atom is -0.497 e. The van der Waals surface area contributed by atoms with Crippen LogP contribution in [-0.2, 0) is 32.8 Å². The Morgan fingerprint density at radius 3 is 1.80 bits per heavy atom. The lowest BCUT2D eigenvalue weighted by Crippen LogP contribution is -2.72. The summed E-state index contributed by atoms with van der Waals surface area (Å²) in [5.74, 6) is 3.31. The highest BCUT2D eigenvalue weighted by Crippen LogP contribution is 2.45. The fourth-order valence-electron chi connectivity index (χ4n) is 7.98. The molecule has 1 saturated heterocycles. The molecule has 7 heteroatoms. The average Bonchev–Trinajstić information content (AvgIpc) is 3.23. The molecule has 0 bridgehead atoms. The molecule has 0 amide bonds. The van der Waals surface area contributed by atoms with Crippen LogP contribution >= 0.6 is 11.6 Å². The van der Waals surface area contributed by atoms with Crippen molar-refractivity contribution in [2.75, 3.05) is 20.0 Å². The predicted octanol–water partition coefficient (Wildman–Crippen LogP) is 11.0. The molecule has 2 heterocycles. The first-order valence-corrected chi connectivity index (χ1v) is 19.7. The quantitative estimate of drug-likeness (QED) is 0.0559. The fraction of sp³-hybridized carbons (Fsp3) is 0.271. The van der Waals surface area contributed by atoms with E-state index in [2.05, 4.69) is 104 Å². The number of hydrogen-bond acceptors (Lipinski definition) is 5. The van der Waals surface area contributed by atoms with Gasteiger partial charge in [-0.15, -0.1) is 11.6 Å². The van der Waals surface area contributed by atoms with Crippen molar-refractivity contribution in [2.45, 2.75) is 58.7 Å². The van der Waals surface area contributed by atoms with E-state index in [1.165, 1.54) is 11.9 Å². The highest BCUT2D eigenvalue weighted by Gasteiger charge is 2.53. The van der Waals surface area contributed by atoms with Gasteiger partial charge in [-0.25, -0.2) is 0 Å². The highest BCUT2D eigenvalue weighted by molar-refractivity contribution is 6.15. The average molecular weight is 756 g/mol. The molecule has 0 aliphatic carbocycles. The number of quaternary nitrogens is 1. The zero-order valence-electron chi connectivity index (χ0n) is 32.4. The third-order valence-corrected chi connectivity index (χ3v) is 10.7.